The van der Waals surface area contributed by atoms with Gasteiger partial charge in [-0.15, -0.1) is 0 Å². The number of benzene rings is 1. The van der Waals surface area contributed by atoms with Gasteiger partial charge >= 0.3 is 30.6 Å². The molecule has 3 rings (SSSR count). The van der Waals surface area contributed by atoms with Crippen molar-refractivity contribution in [1.82, 2.24) is 9.80 Å². The molecule has 2 aliphatic rings. The highest BCUT2D eigenvalue weighted by Gasteiger charge is 2.60. The minimum Gasteiger partial charge on any atom is -0.480 e. The second-order valence-corrected chi connectivity index (χ2v) is 8.64. The van der Waals surface area contributed by atoms with Crippen molar-refractivity contribution in [3.8, 4) is 0 Å². The van der Waals surface area contributed by atoms with Crippen LogP contribution in [0.2, 0.25) is 0 Å². The number of carbonyl (C=O) groups is 2. The number of carboxylic acid groups (broad SMARTS) is 1. The molecule has 0 aromatic heterocycles. The Morgan fingerprint density at radius 3 is 2.05 bits per heavy atom. The first kappa shape index (κ1) is 28.7. The number of amides is 1. The molecule has 1 amide bonds. The summed E-state index contributed by atoms with van der Waals surface area (Å²) < 4.78 is 120. The molecule has 7 nitrogen and oxygen atoms in total. The number of piperazine rings is 1. The number of nitrogens with zero attached hydrogens (tertiary/aromatic N) is 3. The van der Waals surface area contributed by atoms with Crippen molar-refractivity contribution in [2.45, 2.75) is 50.1 Å². The summed E-state index contributed by atoms with van der Waals surface area (Å²) in [6.45, 7) is -0.421. The minimum absolute atomic E-state index is 0.00687. The largest absolute Gasteiger partial charge is 0.480 e. The average Bonchev–Trinajstić information content (AvgIpc) is 3.26. The smallest absolute Gasteiger partial charge is 0.434 e. The zero-order chi connectivity index (χ0) is 27.8. The van der Waals surface area contributed by atoms with Crippen LogP contribution in [0.1, 0.15) is 24.0 Å². The first-order chi connectivity index (χ1) is 17.0. The summed E-state index contributed by atoms with van der Waals surface area (Å²) >= 11 is 0. The van der Waals surface area contributed by atoms with Gasteiger partial charge in [0.2, 0.25) is 0 Å². The molecule has 0 radical (unpaired) electrons. The van der Waals surface area contributed by atoms with Gasteiger partial charge in [-0.1, -0.05) is 6.07 Å². The molecule has 2 heterocycles. The van der Waals surface area contributed by atoms with Gasteiger partial charge in [0.25, 0.3) is 6.10 Å². The van der Waals surface area contributed by atoms with Crippen molar-refractivity contribution >= 4 is 17.7 Å². The van der Waals surface area contributed by atoms with E-state index in [-0.39, 0.29) is 51.4 Å². The van der Waals surface area contributed by atoms with Gasteiger partial charge < -0.3 is 19.6 Å². The molecule has 1 aromatic rings. The molecule has 208 valence electrons. The third kappa shape index (κ3) is 6.90. The summed E-state index contributed by atoms with van der Waals surface area (Å²) in [5.41, 5.74) is -0.551. The average molecular weight is 551 g/mol. The Hall–Kier alpha value is -2.91. The van der Waals surface area contributed by atoms with Crippen LogP contribution in [0, 0.1) is 0 Å². The summed E-state index contributed by atoms with van der Waals surface area (Å²) in [5.74, 6) is -1.19. The number of halogens is 9. The summed E-state index contributed by atoms with van der Waals surface area (Å²) in [4.78, 5) is 27.2. The van der Waals surface area contributed by atoms with Crippen LogP contribution in [0.15, 0.2) is 18.2 Å². The maximum absolute atomic E-state index is 13.3. The summed E-state index contributed by atoms with van der Waals surface area (Å²) in [5, 5.41) is 9.47. The Labute approximate surface area is 204 Å². The van der Waals surface area contributed by atoms with E-state index in [0.717, 1.165) is 12.1 Å². The molecule has 37 heavy (non-hydrogen) atoms. The number of aliphatic carboxylic acids is 1. The molecule has 2 aliphatic heterocycles. The zero-order valence-corrected chi connectivity index (χ0v) is 19.0. The van der Waals surface area contributed by atoms with Crippen molar-refractivity contribution in [2.24, 2.45) is 0 Å². The number of rotatable bonds is 5. The van der Waals surface area contributed by atoms with Crippen LogP contribution in [-0.2, 0) is 22.3 Å². The van der Waals surface area contributed by atoms with E-state index in [1.807, 2.05) is 0 Å². The van der Waals surface area contributed by atoms with Crippen LogP contribution in [0.25, 0.3) is 0 Å². The number of anilines is 1. The molecular weight excluding hydrogens is 529 g/mol. The van der Waals surface area contributed by atoms with E-state index in [0.29, 0.717) is 16.9 Å². The standard InChI is InChI=1S/C21H22F9N3O4/c22-19(23,24)13-4-3-12(15(10-13)33-5-1-2-14(33)16(34)35)11-31-6-8-32(9-7-31)18(36)37-17(20(25,26)27)21(28,29)30/h3-4,10,14,17H,1-2,5-9,11H2,(H,34,35). The number of carboxylic acids is 1. The fraction of sp³-hybridized carbons (Fsp3) is 0.619. The van der Waals surface area contributed by atoms with Crippen LogP contribution in [-0.4, -0.2) is 84.2 Å². The number of ether oxygens (including phenoxy) is 1. The fourth-order valence-corrected chi connectivity index (χ4v) is 4.28. The maximum atomic E-state index is 13.3. The van der Waals surface area contributed by atoms with Crippen LogP contribution < -0.4 is 4.90 Å². The molecular formula is C21H22F9N3O4. The lowest BCUT2D eigenvalue weighted by molar-refractivity contribution is -0.308. The molecule has 1 atom stereocenters. The van der Waals surface area contributed by atoms with Gasteiger partial charge in [-0.05, 0) is 30.5 Å². The summed E-state index contributed by atoms with van der Waals surface area (Å²) in [6, 6.07) is 1.88. The monoisotopic (exact) mass is 551 g/mol. The van der Waals surface area contributed by atoms with Gasteiger partial charge in [-0.3, -0.25) is 4.90 Å². The van der Waals surface area contributed by atoms with E-state index in [1.165, 1.54) is 11.0 Å². The molecule has 0 saturated carbocycles. The van der Waals surface area contributed by atoms with Crippen LogP contribution in [0.3, 0.4) is 0 Å². The molecule has 16 heteroatoms. The van der Waals surface area contributed by atoms with Gasteiger partial charge in [0, 0.05) is 45.0 Å². The Bertz CT molecular complexity index is 975. The van der Waals surface area contributed by atoms with E-state index >= 15 is 0 Å². The highest BCUT2D eigenvalue weighted by molar-refractivity contribution is 5.79. The van der Waals surface area contributed by atoms with Crippen LogP contribution >= 0.6 is 0 Å². The van der Waals surface area contributed by atoms with Gasteiger partial charge in [-0.2, -0.15) is 39.5 Å². The van der Waals surface area contributed by atoms with Crippen molar-refractivity contribution in [2.75, 3.05) is 37.6 Å². The van der Waals surface area contributed by atoms with E-state index in [9.17, 15) is 54.2 Å². The molecule has 0 bridgehead atoms. The molecule has 1 unspecified atom stereocenters. The first-order valence-corrected chi connectivity index (χ1v) is 11.0. The maximum Gasteiger partial charge on any atom is 0.434 e. The number of hydrogen-bond donors (Lipinski definition) is 1. The molecule has 1 aromatic carbocycles. The van der Waals surface area contributed by atoms with Crippen molar-refractivity contribution in [3.63, 3.8) is 0 Å². The normalized spacial score (nSPS) is 20.0. The lowest BCUT2D eigenvalue weighted by atomic mass is 10.1. The highest BCUT2D eigenvalue weighted by atomic mass is 19.4. The predicted molar refractivity (Wildman–Crippen MR) is 109 cm³/mol. The number of alkyl halides is 9. The lowest BCUT2D eigenvalue weighted by Crippen LogP contribution is -2.52. The Morgan fingerprint density at radius 2 is 1.54 bits per heavy atom. The first-order valence-electron chi connectivity index (χ1n) is 11.0. The molecule has 2 fully saturated rings. The molecule has 0 spiro atoms. The van der Waals surface area contributed by atoms with Crippen molar-refractivity contribution in [1.29, 1.82) is 0 Å². The van der Waals surface area contributed by atoms with Gasteiger partial charge in [0.1, 0.15) is 6.04 Å². The van der Waals surface area contributed by atoms with Gasteiger partial charge in [-0.25, -0.2) is 9.59 Å². The Balaban J connectivity index is 1.71. The SMILES string of the molecule is O=C(O)C1CCCN1c1cc(C(F)(F)F)ccc1CN1CCN(C(=O)OC(C(F)(F)F)C(F)(F)F)CC1. The quantitative estimate of drug-likeness (QED) is 0.544. The van der Waals surface area contributed by atoms with E-state index in [4.69, 9.17) is 0 Å². The molecule has 0 aliphatic carbocycles. The third-order valence-corrected chi connectivity index (χ3v) is 6.10. The summed E-state index contributed by atoms with van der Waals surface area (Å²) in [7, 11) is 0. The van der Waals surface area contributed by atoms with E-state index < -0.39 is 48.3 Å². The zero-order valence-electron chi connectivity index (χ0n) is 19.0. The summed E-state index contributed by atoms with van der Waals surface area (Å²) in [6.07, 6.45) is -21.8. The van der Waals surface area contributed by atoms with Crippen LogP contribution in [0.4, 0.5) is 50.0 Å². The van der Waals surface area contributed by atoms with Crippen LogP contribution in [0.5, 0.6) is 0 Å². The second-order valence-electron chi connectivity index (χ2n) is 8.64. The second kappa shape index (κ2) is 10.5. The van der Waals surface area contributed by atoms with E-state index in [2.05, 4.69) is 4.74 Å². The minimum atomic E-state index is -5.85. The number of carbonyl (C=O) groups excluding carboxylic acids is 1. The van der Waals surface area contributed by atoms with Gasteiger partial charge in [0.05, 0.1) is 5.56 Å². The topological polar surface area (TPSA) is 73.3 Å². The molecule has 1 N–H and O–H groups in total. The predicted octanol–water partition coefficient (Wildman–Crippen LogP) is 4.51. The van der Waals surface area contributed by atoms with Crippen molar-refractivity contribution < 1.29 is 58.9 Å². The van der Waals surface area contributed by atoms with Gasteiger partial charge in [0.15, 0.2) is 0 Å². The van der Waals surface area contributed by atoms with Crippen molar-refractivity contribution in [3.05, 3.63) is 29.3 Å². The highest BCUT2D eigenvalue weighted by Crippen LogP contribution is 2.38. The fourth-order valence-electron chi connectivity index (χ4n) is 4.28. The van der Waals surface area contributed by atoms with E-state index in [1.54, 1.807) is 4.90 Å². The lowest BCUT2D eigenvalue weighted by Gasteiger charge is -2.36. The number of hydrogen-bond acceptors (Lipinski definition) is 5. The Morgan fingerprint density at radius 1 is 0.946 bits per heavy atom. The molecule has 2 saturated heterocycles. The third-order valence-electron chi connectivity index (χ3n) is 6.10. The Kier molecular flexibility index (Phi) is 8.10.